The fraction of sp³-hybridized carbons (Fsp3) is 0.136. The number of anilines is 3. The van der Waals surface area contributed by atoms with Gasteiger partial charge in [-0.25, -0.2) is 22.8 Å². The fourth-order valence-electron chi connectivity index (χ4n) is 3.96. The number of hydrogen-bond donors (Lipinski definition) is 3. The molecule has 0 spiro atoms. The Morgan fingerprint density at radius 2 is 1.80 bits per heavy atom. The van der Waals surface area contributed by atoms with Gasteiger partial charge in [0.15, 0.2) is 0 Å². The summed E-state index contributed by atoms with van der Waals surface area (Å²) in [6.45, 7) is 0.794. The Hall–Kier alpha value is -3.12. The van der Waals surface area contributed by atoms with Crippen molar-refractivity contribution in [1.29, 1.82) is 0 Å². The average molecular weight is 551 g/mol. The molecule has 0 fully saturated rings. The number of carbonyl (C=O) groups is 3. The van der Waals surface area contributed by atoms with Crippen molar-refractivity contribution in [3.8, 4) is 0 Å². The highest BCUT2D eigenvalue weighted by Gasteiger charge is 2.33. The van der Waals surface area contributed by atoms with Crippen molar-refractivity contribution in [3.63, 3.8) is 0 Å². The van der Waals surface area contributed by atoms with Crippen molar-refractivity contribution < 1.29 is 22.8 Å². The number of hydrogen-bond acceptors (Lipinski definition) is 7. The number of carbonyl (C=O) groups excluding carboxylic acids is 3. The summed E-state index contributed by atoms with van der Waals surface area (Å²) in [5, 5.41) is 5.71. The Morgan fingerprint density at radius 3 is 2.49 bits per heavy atom. The maximum Gasteiger partial charge on any atom is 0.333 e. The number of rotatable bonds is 4. The zero-order chi connectivity index (χ0) is 24.9. The van der Waals surface area contributed by atoms with E-state index >= 15 is 0 Å². The highest BCUT2D eigenvalue weighted by Crippen LogP contribution is 2.34. The van der Waals surface area contributed by atoms with Crippen molar-refractivity contribution >= 4 is 79.5 Å². The van der Waals surface area contributed by atoms with Gasteiger partial charge in [0.1, 0.15) is 8.55 Å². The van der Waals surface area contributed by atoms with Crippen LogP contribution in [-0.2, 0) is 27.7 Å². The van der Waals surface area contributed by atoms with Crippen LogP contribution in [0.5, 0.6) is 0 Å². The van der Waals surface area contributed by atoms with E-state index in [4.69, 9.17) is 23.2 Å². The van der Waals surface area contributed by atoms with Crippen molar-refractivity contribution in [2.75, 3.05) is 22.1 Å². The van der Waals surface area contributed by atoms with Gasteiger partial charge < -0.3 is 10.6 Å². The van der Waals surface area contributed by atoms with Crippen LogP contribution in [0.25, 0.3) is 0 Å². The van der Waals surface area contributed by atoms with Crippen LogP contribution in [0.3, 0.4) is 0 Å². The second-order valence-electron chi connectivity index (χ2n) is 7.85. The SMILES string of the molecule is O=C(Nc1ccc(N2C(=O)Cc3cc4c(cc3C2=O)CCN4)cc1)NS(=O)(=O)c1cc(Cl)c(Cl)s1. The third-order valence-corrected chi connectivity index (χ3v) is 9.23. The molecule has 180 valence electrons. The molecule has 3 N–H and O–H groups in total. The Morgan fingerprint density at radius 1 is 1.06 bits per heavy atom. The lowest BCUT2D eigenvalue weighted by Crippen LogP contribution is -2.42. The fourth-order valence-corrected chi connectivity index (χ4v) is 6.74. The Kier molecular flexibility index (Phi) is 5.96. The zero-order valence-electron chi connectivity index (χ0n) is 17.7. The number of sulfonamides is 1. The molecule has 2 aliphatic heterocycles. The van der Waals surface area contributed by atoms with E-state index < -0.39 is 22.0 Å². The Balaban J connectivity index is 1.30. The van der Waals surface area contributed by atoms with Crippen molar-refractivity contribution in [1.82, 2.24) is 4.72 Å². The van der Waals surface area contributed by atoms with Gasteiger partial charge >= 0.3 is 6.03 Å². The molecule has 0 bridgehead atoms. The largest absolute Gasteiger partial charge is 0.384 e. The summed E-state index contributed by atoms with van der Waals surface area (Å²) >= 11 is 12.3. The number of fused-ring (bicyclic) bond motifs is 2. The van der Waals surface area contributed by atoms with Gasteiger partial charge in [0.05, 0.1) is 17.1 Å². The normalized spacial score (nSPS) is 14.9. The molecule has 0 atom stereocenters. The molecule has 0 unspecified atom stereocenters. The molecule has 0 saturated heterocycles. The average Bonchev–Trinajstić information content (AvgIpc) is 3.39. The van der Waals surface area contributed by atoms with E-state index in [1.165, 1.54) is 24.3 Å². The maximum atomic E-state index is 13.1. The smallest absolute Gasteiger partial charge is 0.333 e. The lowest BCUT2D eigenvalue weighted by atomic mass is 9.94. The van der Waals surface area contributed by atoms with Crippen LogP contribution in [-0.4, -0.2) is 32.8 Å². The summed E-state index contributed by atoms with van der Waals surface area (Å²) in [4.78, 5) is 39.2. The number of benzene rings is 2. The molecule has 0 aliphatic carbocycles. The lowest BCUT2D eigenvalue weighted by molar-refractivity contribution is -0.117. The van der Waals surface area contributed by atoms with Crippen LogP contribution >= 0.6 is 34.5 Å². The molecule has 2 aliphatic rings. The van der Waals surface area contributed by atoms with Crippen molar-refractivity contribution in [3.05, 3.63) is 68.5 Å². The zero-order valence-corrected chi connectivity index (χ0v) is 20.9. The maximum absolute atomic E-state index is 13.1. The molecule has 3 aromatic rings. The first-order chi connectivity index (χ1) is 16.6. The predicted molar refractivity (Wildman–Crippen MR) is 134 cm³/mol. The predicted octanol–water partition coefficient (Wildman–Crippen LogP) is 4.26. The molecule has 35 heavy (non-hydrogen) atoms. The van der Waals surface area contributed by atoms with Gasteiger partial charge in [-0.3, -0.25) is 9.59 Å². The van der Waals surface area contributed by atoms with Crippen LogP contribution in [0.4, 0.5) is 21.9 Å². The van der Waals surface area contributed by atoms with Crippen molar-refractivity contribution in [2.45, 2.75) is 17.1 Å². The summed E-state index contributed by atoms with van der Waals surface area (Å²) in [5.74, 6) is -0.776. The van der Waals surface area contributed by atoms with Gasteiger partial charge in [-0.15, -0.1) is 11.3 Å². The lowest BCUT2D eigenvalue weighted by Gasteiger charge is -2.27. The summed E-state index contributed by atoms with van der Waals surface area (Å²) in [6, 6.07) is 9.77. The first-order valence-electron chi connectivity index (χ1n) is 10.3. The van der Waals surface area contributed by atoms with E-state index in [2.05, 4.69) is 10.6 Å². The quantitative estimate of drug-likeness (QED) is 0.417. The topological polar surface area (TPSA) is 125 Å². The molecule has 0 radical (unpaired) electrons. The summed E-state index contributed by atoms with van der Waals surface area (Å²) in [5.41, 5.74) is 3.77. The van der Waals surface area contributed by atoms with E-state index in [9.17, 15) is 22.8 Å². The van der Waals surface area contributed by atoms with Gasteiger partial charge in [0, 0.05) is 23.5 Å². The highest BCUT2D eigenvalue weighted by atomic mass is 35.5. The molecule has 0 saturated carbocycles. The number of imide groups is 1. The molecule has 1 aromatic heterocycles. The standard InChI is InChI=1S/C22H16Cl2N4O5S2/c23-16-10-19(34-20(16)24)35(32,33)27-22(31)26-13-1-3-14(4-2-13)28-18(29)9-12-8-17-11(5-6-25-17)7-15(12)21(28)30/h1-4,7-8,10,25H,5-6,9H2,(H2,26,27,31). The number of urea groups is 1. The van der Waals surface area contributed by atoms with E-state index in [0.717, 1.165) is 46.5 Å². The molecular formula is C22H16Cl2N4O5S2. The van der Waals surface area contributed by atoms with Gasteiger partial charge in [0.25, 0.3) is 15.9 Å². The number of halogens is 2. The Labute approximate surface area is 214 Å². The van der Waals surface area contributed by atoms with E-state index in [1.807, 2.05) is 16.9 Å². The molecule has 5 rings (SSSR count). The van der Waals surface area contributed by atoms with Crippen LogP contribution in [0.1, 0.15) is 21.5 Å². The minimum atomic E-state index is -4.17. The summed E-state index contributed by atoms with van der Waals surface area (Å²) in [6.07, 6.45) is 0.904. The van der Waals surface area contributed by atoms with Crippen LogP contribution in [0, 0.1) is 0 Å². The number of nitrogens with one attached hydrogen (secondary N) is 3. The molecular weight excluding hydrogens is 535 g/mol. The number of amides is 4. The van der Waals surface area contributed by atoms with Gasteiger partial charge in [0.2, 0.25) is 5.91 Å². The molecule has 13 heteroatoms. The van der Waals surface area contributed by atoms with E-state index in [0.29, 0.717) is 16.8 Å². The molecule has 9 nitrogen and oxygen atoms in total. The Bertz CT molecular complexity index is 1480. The van der Waals surface area contributed by atoms with Gasteiger partial charge in [-0.05, 0) is 60.0 Å². The van der Waals surface area contributed by atoms with Crippen LogP contribution in [0.2, 0.25) is 9.36 Å². The first kappa shape index (κ1) is 23.6. The van der Waals surface area contributed by atoms with Gasteiger partial charge in [-0.1, -0.05) is 23.2 Å². The summed E-state index contributed by atoms with van der Waals surface area (Å²) < 4.78 is 26.4. The third kappa shape index (κ3) is 4.47. The molecule has 2 aromatic carbocycles. The number of thiophene rings is 1. The monoisotopic (exact) mass is 550 g/mol. The highest BCUT2D eigenvalue weighted by molar-refractivity contribution is 7.92. The number of nitrogens with zero attached hydrogens (tertiary/aromatic N) is 1. The van der Waals surface area contributed by atoms with E-state index in [1.54, 1.807) is 0 Å². The van der Waals surface area contributed by atoms with E-state index in [-0.39, 0.29) is 31.6 Å². The van der Waals surface area contributed by atoms with Gasteiger partial charge in [-0.2, -0.15) is 0 Å². The second-order valence-corrected chi connectivity index (χ2v) is 11.8. The van der Waals surface area contributed by atoms with Crippen molar-refractivity contribution in [2.24, 2.45) is 0 Å². The minimum absolute atomic E-state index is 0.0681. The van der Waals surface area contributed by atoms with Crippen LogP contribution in [0.15, 0.2) is 46.7 Å². The molecule has 3 heterocycles. The first-order valence-corrected chi connectivity index (χ1v) is 13.3. The second kappa shape index (κ2) is 8.83. The van der Waals surface area contributed by atoms with Crippen LogP contribution < -0.4 is 20.3 Å². The summed E-state index contributed by atoms with van der Waals surface area (Å²) in [7, 11) is -4.17. The minimum Gasteiger partial charge on any atom is -0.384 e. The molecule has 4 amide bonds. The third-order valence-electron chi connectivity index (χ3n) is 5.56.